The maximum Gasteiger partial charge on any atom is 0.00401 e. The lowest BCUT2D eigenvalue weighted by Gasteiger charge is -2.24. The van der Waals surface area contributed by atoms with Crippen LogP contribution in [-0.4, -0.2) is 0 Å². The summed E-state index contributed by atoms with van der Waals surface area (Å²) in [5.41, 5.74) is 1.71. The zero-order valence-corrected chi connectivity index (χ0v) is 9.57. The first kappa shape index (κ1) is 10.6. The summed E-state index contributed by atoms with van der Waals surface area (Å²) >= 11 is 4.28. The van der Waals surface area contributed by atoms with Crippen LogP contribution in [0, 0.1) is 0 Å². The Bertz CT molecular complexity index is 259. The number of hydrogen-bond acceptors (Lipinski definition) is 1. The standard InChI is InChI=1S/C12H18S/c1-4-9-12(2,3)10-5-7-11(13)8-6-10/h5-8,13H,4,9H2,1-3H3. The molecule has 1 aromatic carbocycles. The molecule has 0 unspecified atom stereocenters. The van der Waals surface area contributed by atoms with Gasteiger partial charge in [0.2, 0.25) is 0 Å². The van der Waals surface area contributed by atoms with Crippen LogP contribution in [0.3, 0.4) is 0 Å². The second kappa shape index (κ2) is 4.19. The van der Waals surface area contributed by atoms with Crippen LogP contribution in [0.15, 0.2) is 29.2 Å². The Hall–Kier alpha value is -0.430. The molecule has 72 valence electrons. The molecule has 1 heteroatoms. The fraction of sp³-hybridized carbons (Fsp3) is 0.500. The molecule has 1 aromatic rings. The third kappa shape index (κ3) is 2.77. The van der Waals surface area contributed by atoms with Crippen molar-refractivity contribution in [2.24, 2.45) is 0 Å². The average molecular weight is 194 g/mol. The van der Waals surface area contributed by atoms with Gasteiger partial charge in [-0.3, -0.25) is 0 Å². The summed E-state index contributed by atoms with van der Waals surface area (Å²) in [6.45, 7) is 6.82. The monoisotopic (exact) mass is 194 g/mol. The SMILES string of the molecule is CCCC(C)(C)c1ccc(S)cc1. The van der Waals surface area contributed by atoms with Gasteiger partial charge in [0.25, 0.3) is 0 Å². The van der Waals surface area contributed by atoms with Crippen molar-refractivity contribution in [2.75, 3.05) is 0 Å². The van der Waals surface area contributed by atoms with E-state index < -0.39 is 0 Å². The smallest absolute Gasteiger partial charge is 0.00401 e. The van der Waals surface area contributed by atoms with Crippen molar-refractivity contribution in [1.29, 1.82) is 0 Å². The minimum absolute atomic E-state index is 0.302. The molecule has 0 bridgehead atoms. The lowest BCUT2D eigenvalue weighted by Crippen LogP contribution is -2.16. The van der Waals surface area contributed by atoms with Gasteiger partial charge < -0.3 is 0 Å². The Labute approximate surface area is 86.8 Å². The second-order valence-corrected chi connectivity index (χ2v) is 4.70. The molecule has 0 saturated heterocycles. The van der Waals surface area contributed by atoms with Crippen LogP contribution >= 0.6 is 12.6 Å². The summed E-state index contributed by atoms with van der Waals surface area (Å²) in [5.74, 6) is 0. The van der Waals surface area contributed by atoms with E-state index in [1.807, 2.05) is 0 Å². The summed E-state index contributed by atoms with van der Waals surface area (Å²) in [6, 6.07) is 8.49. The Morgan fingerprint density at radius 3 is 2.15 bits per heavy atom. The Morgan fingerprint density at radius 2 is 1.69 bits per heavy atom. The molecule has 0 amide bonds. The van der Waals surface area contributed by atoms with E-state index in [9.17, 15) is 0 Å². The predicted molar refractivity (Wildman–Crippen MR) is 61.6 cm³/mol. The largest absolute Gasteiger partial charge is 0.143 e. The van der Waals surface area contributed by atoms with Crippen molar-refractivity contribution in [2.45, 2.75) is 43.9 Å². The van der Waals surface area contributed by atoms with E-state index >= 15 is 0 Å². The molecule has 13 heavy (non-hydrogen) atoms. The van der Waals surface area contributed by atoms with Gasteiger partial charge in [-0.1, -0.05) is 39.3 Å². The van der Waals surface area contributed by atoms with Gasteiger partial charge in [-0.2, -0.15) is 0 Å². The van der Waals surface area contributed by atoms with Gasteiger partial charge in [-0.25, -0.2) is 0 Å². The van der Waals surface area contributed by atoms with Crippen molar-refractivity contribution in [3.05, 3.63) is 29.8 Å². The first-order chi connectivity index (χ1) is 6.06. The van der Waals surface area contributed by atoms with E-state index in [1.54, 1.807) is 0 Å². The summed E-state index contributed by atoms with van der Waals surface area (Å²) in [6.07, 6.45) is 2.47. The molecule has 0 aliphatic rings. The fourth-order valence-electron chi connectivity index (χ4n) is 1.68. The first-order valence-corrected chi connectivity index (χ1v) is 5.30. The number of hydrogen-bond donors (Lipinski definition) is 1. The van der Waals surface area contributed by atoms with Gasteiger partial charge >= 0.3 is 0 Å². The van der Waals surface area contributed by atoms with Crippen LogP contribution in [0.5, 0.6) is 0 Å². The lowest BCUT2D eigenvalue weighted by atomic mass is 9.81. The highest BCUT2D eigenvalue weighted by Crippen LogP contribution is 2.28. The van der Waals surface area contributed by atoms with Crippen LogP contribution in [0.25, 0.3) is 0 Å². The minimum Gasteiger partial charge on any atom is -0.143 e. The highest BCUT2D eigenvalue weighted by molar-refractivity contribution is 7.80. The van der Waals surface area contributed by atoms with Gasteiger partial charge in [-0.15, -0.1) is 12.6 Å². The van der Waals surface area contributed by atoms with Gasteiger partial charge in [0.05, 0.1) is 0 Å². The summed E-state index contributed by atoms with van der Waals surface area (Å²) in [5, 5.41) is 0. The molecule has 0 aliphatic carbocycles. The number of benzene rings is 1. The normalized spacial score (nSPS) is 11.7. The molecule has 0 spiro atoms. The summed E-state index contributed by atoms with van der Waals surface area (Å²) in [4.78, 5) is 1.04. The van der Waals surface area contributed by atoms with Gasteiger partial charge in [0.15, 0.2) is 0 Å². The maximum absolute atomic E-state index is 4.28. The molecule has 0 fully saturated rings. The van der Waals surface area contributed by atoms with Crippen molar-refractivity contribution in [3.8, 4) is 0 Å². The van der Waals surface area contributed by atoms with Crippen molar-refractivity contribution >= 4 is 12.6 Å². The second-order valence-electron chi connectivity index (χ2n) is 4.18. The molecule has 0 atom stereocenters. The van der Waals surface area contributed by atoms with E-state index in [0.717, 1.165) is 4.90 Å². The molecule has 0 heterocycles. The van der Waals surface area contributed by atoms with E-state index in [0.29, 0.717) is 5.41 Å². The van der Waals surface area contributed by atoms with E-state index in [4.69, 9.17) is 0 Å². The fourth-order valence-corrected chi connectivity index (χ4v) is 1.83. The number of thiol groups is 1. The lowest BCUT2D eigenvalue weighted by molar-refractivity contribution is 0.473. The number of rotatable bonds is 3. The van der Waals surface area contributed by atoms with E-state index in [1.165, 1.54) is 18.4 Å². The summed E-state index contributed by atoms with van der Waals surface area (Å²) < 4.78 is 0. The average Bonchev–Trinajstić information content (AvgIpc) is 2.05. The molecule has 0 nitrogen and oxygen atoms in total. The molecular weight excluding hydrogens is 176 g/mol. The molecule has 0 saturated carbocycles. The predicted octanol–water partition coefficient (Wildman–Crippen LogP) is 4.05. The van der Waals surface area contributed by atoms with Crippen LogP contribution in [0.2, 0.25) is 0 Å². The van der Waals surface area contributed by atoms with Crippen LogP contribution < -0.4 is 0 Å². The molecule has 0 radical (unpaired) electrons. The molecule has 0 N–H and O–H groups in total. The molecular formula is C12H18S. The Kier molecular flexibility index (Phi) is 3.43. The van der Waals surface area contributed by atoms with Crippen molar-refractivity contribution in [3.63, 3.8) is 0 Å². The van der Waals surface area contributed by atoms with Gasteiger partial charge in [-0.05, 0) is 29.5 Å². The van der Waals surface area contributed by atoms with E-state index in [2.05, 4.69) is 57.7 Å². The molecule has 0 aromatic heterocycles. The zero-order chi connectivity index (χ0) is 9.90. The van der Waals surface area contributed by atoms with Crippen molar-refractivity contribution < 1.29 is 0 Å². The topological polar surface area (TPSA) is 0 Å². The minimum atomic E-state index is 0.302. The molecule has 1 rings (SSSR count). The van der Waals surface area contributed by atoms with Gasteiger partial charge in [0, 0.05) is 4.90 Å². The van der Waals surface area contributed by atoms with Gasteiger partial charge in [0.1, 0.15) is 0 Å². The Morgan fingerprint density at radius 1 is 1.15 bits per heavy atom. The first-order valence-electron chi connectivity index (χ1n) is 4.86. The Balaban J connectivity index is 2.87. The third-order valence-corrected chi connectivity index (χ3v) is 2.82. The maximum atomic E-state index is 4.28. The third-order valence-electron chi connectivity index (χ3n) is 2.52. The summed E-state index contributed by atoms with van der Waals surface area (Å²) in [7, 11) is 0. The molecule has 0 aliphatic heterocycles. The quantitative estimate of drug-likeness (QED) is 0.689. The highest BCUT2D eigenvalue weighted by atomic mass is 32.1. The van der Waals surface area contributed by atoms with Crippen LogP contribution in [0.4, 0.5) is 0 Å². The zero-order valence-electron chi connectivity index (χ0n) is 8.67. The van der Waals surface area contributed by atoms with Crippen molar-refractivity contribution in [1.82, 2.24) is 0 Å². The van der Waals surface area contributed by atoms with Crippen LogP contribution in [0.1, 0.15) is 39.2 Å². The van der Waals surface area contributed by atoms with Crippen LogP contribution in [-0.2, 0) is 5.41 Å². The van der Waals surface area contributed by atoms with E-state index in [-0.39, 0.29) is 0 Å². The highest BCUT2D eigenvalue weighted by Gasteiger charge is 2.18.